The molecule has 0 spiro atoms. The number of aromatic nitrogens is 3. The van der Waals surface area contributed by atoms with E-state index in [2.05, 4.69) is 10.1 Å². The zero-order valence-corrected chi connectivity index (χ0v) is 10.8. The smallest absolute Gasteiger partial charge is 0.354 e. The molecule has 2 heterocycles. The normalized spacial score (nSPS) is 10.7. The Labute approximate surface area is 119 Å². The van der Waals surface area contributed by atoms with Gasteiger partial charge in [-0.2, -0.15) is 0 Å². The standard InChI is InChI=1S/C14H11N3O4/c18-9-4-6-10(7-5-9)21-8-12-15-13-3-1-2-11(14(19)20)17(13)16-12/h1-7,18H,8H2,(H,19,20). The summed E-state index contributed by atoms with van der Waals surface area (Å²) in [4.78, 5) is 15.3. The lowest BCUT2D eigenvalue weighted by Crippen LogP contribution is -2.06. The van der Waals surface area contributed by atoms with Gasteiger partial charge in [-0.1, -0.05) is 6.07 Å². The largest absolute Gasteiger partial charge is 0.508 e. The van der Waals surface area contributed by atoms with Crippen LogP contribution in [0.15, 0.2) is 42.5 Å². The maximum absolute atomic E-state index is 11.1. The highest BCUT2D eigenvalue weighted by Gasteiger charge is 2.12. The fourth-order valence-corrected chi connectivity index (χ4v) is 1.86. The quantitative estimate of drug-likeness (QED) is 0.757. The highest BCUT2D eigenvalue weighted by Crippen LogP contribution is 2.17. The number of aromatic hydroxyl groups is 1. The molecular weight excluding hydrogens is 274 g/mol. The SMILES string of the molecule is O=C(O)c1cccc2nc(COc3ccc(O)cc3)nn12. The first-order valence-electron chi connectivity index (χ1n) is 6.13. The van der Waals surface area contributed by atoms with Crippen LogP contribution in [-0.4, -0.2) is 30.8 Å². The van der Waals surface area contributed by atoms with Gasteiger partial charge in [0.25, 0.3) is 0 Å². The van der Waals surface area contributed by atoms with E-state index in [4.69, 9.17) is 9.84 Å². The molecule has 1 aromatic carbocycles. The van der Waals surface area contributed by atoms with Crippen molar-refractivity contribution in [2.45, 2.75) is 6.61 Å². The van der Waals surface area contributed by atoms with E-state index in [1.807, 2.05) is 0 Å². The second-order valence-electron chi connectivity index (χ2n) is 4.30. The van der Waals surface area contributed by atoms with Gasteiger partial charge in [0.15, 0.2) is 17.2 Å². The summed E-state index contributed by atoms with van der Waals surface area (Å²) < 4.78 is 6.74. The average Bonchev–Trinajstić information content (AvgIpc) is 2.89. The van der Waals surface area contributed by atoms with Gasteiger partial charge in [0.05, 0.1) is 0 Å². The van der Waals surface area contributed by atoms with Crippen molar-refractivity contribution in [3.8, 4) is 11.5 Å². The van der Waals surface area contributed by atoms with Crippen molar-refractivity contribution >= 4 is 11.6 Å². The summed E-state index contributed by atoms with van der Waals surface area (Å²) in [5, 5.41) is 22.4. The summed E-state index contributed by atoms with van der Waals surface area (Å²) in [6.07, 6.45) is 0. The van der Waals surface area contributed by atoms with Crippen molar-refractivity contribution in [1.29, 1.82) is 0 Å². The van der Waals surface area contributed by atoms with E-state index in [0.29, 0.717) is 17.2 Å². The first-order chi connectivity index (χ1) is 10.1. The fourth-order valence-electron chi connectivity index (χ4n) is 1.86. The number of carbonyl (C=O) groups is 1. The number of phenols is 1. The number of rotatable bonds is 4. The Hall–Kier alpha value is -3.09. The number of benzene rings is 1. The lowest BCUT2D eigenvalue weighted by atomic mass is 10.3. The third-order valence-corrected chi connectivity index (χ3v) is 2.83. The molecule has 3 rings (SSSR count). The number of hydrogen-bond acceptors (Lipinski definition) is 5. The molecule has 2 aromatic heterocycles. The molecule has 21 heavy (non-hydrogen) atoms. The van der Waals surface area contributed by atoms with E-state index >= 15 is 0 Å². The number of phenolic OH excluding ortho intramolecular Hbond substituents is 1. The maximum atomic E-state index is 11.1. The van der Waals surface area contributed by atoms with Gasteiger partial charge in [0, 0.05) is 0 Å². The second-order valence-corrected chi connectivity index (χ2v) is 4.30. The minimum absolute atomic E-state index is 0.0379. The van der Waals surface area contributed by atoms with E-state index in [1.165, 1.54) is 22.7 Å². The molecule has 0 unspecified atom stereocenters. The van der Waals surface area contributed by atoms with E-state index < -0.39 is 5.97 Å². The lowest BCUT2D eigenvalue weighted by Gasteiger charge is -2.02. The molecule has 7 heteroatoms. The summed E-state index contributed by atoms with van der Waals surface area (Å²) in [5.74, 6) is 0.0118. The zero-order chi connectivity index (χ0) is 14.8. The molecule has 0 aliphatic rings. The second kappa shape index (κ2) is 5.12. The van der Waals surface area contributed by atoms with Crippen LogP contribution in [0.5, 0.6) is 11.5 Å². The van der Waals surface area contributed by atoms with Crippen LogP contribution in [0.4, 0.5) is 0 Å². The molecule has 7 nitrogen and oxygen atoms in total. The van der Waals surface area contributed by atoms with Gasteiger partial charge in [-0.25, -0.2) is 14.3 Å². The highest BCUT2D eigenvalue weighted by atomic mass is 16.5. The number of aromatic carboxylic acids is 1. The first kappa shape index (κ1) is 12.9. The molecule has 0 fully saturated rings. The molecule has 0 bridgehead atoms. The minimum atomic E-state index is -1.07. The van der Waals surface area contributed by atoms with Crippen LogP contribution in [0.25, 0.3) is 5.65 Å². The van der Waals surface area contributed by atoms with Crippen molar-refractivity contribution in [2.75, 3.05) is 0 Å². The van der Waals surface area contributed by atoms with Gasteiger partial charge < -0.3 is 14.9 Å². The van der Waals surface area contributed by atoms with Gasteiger partial charge in [0.2, 0.25) is 0 Å². The predicted octanol–water partition coefficient (Wildman–Crippen LogP) is 1.71. The Morgan fingerprint density at radius 1 is 1.19 bits per heavy atom. The van der Waals surface area contributed by atoms with Crippen LogP contribution in [0, 0.1) is 0 Å². The molecule has 0 saturated carbocycles. The summed E-state index contributed by atoms with van der Waals surface area (Å²) in [6, 6.07) is 11.0. The van der Waals surface area contributed by atoms with Crippen LogP contribution < -0.4 is 4.74 Å². The van der Waals surface area contributed by atoms with Crippen LogP contribution >= 0.6 is 0 Å². The molecule has 2 N–H and O–H groups in total. The van der Waals surface area contributed by atoms with Gasteiger partial charge in [-0.15, -0.1) is 5.10 Å². The van der Waals surface area contributed by atoms with Crippen molar-refractivity contribution in [3.05, 3.63) is 54.0 Å². The van der Waals surface area contributed by atoms with E-state index in [-0.39, 0.29) is 18.1 Å². The Kier molecular flexibility index (Phi) is 3.15. The maximum Gasteiger partial charge on any atom is 0.354 e. The van der Waals surface area contributed by atoms with E-state index in [0.717, 1.165) is 0 Å². The number of carboxylic acids is 1. The van der Waals surface area contributed by atoms with E-state index in [1.54, 1.807) is 24.3 Å². The van der Waals surface area contributed by atoms with Gasteiger partial charge in [-0.3, -0.25) is 0 Å². The molecule has 0 atom stereocenters. The summed E-state index contributed by atoms with van der Waals surface area (Å²) in [7, 11) is 0. The summed E-state index contributed by atoms with van der Waals surface area (Å²) in [5.41, 5.74) is 0.482. The molecule has 0 radical (unpaired) electrons. The fraction of sp³-hybridized carbons (Fsp3) is 0.0714. The van der Waals surface area contributed by atoms with E-state index in [9.17, 15) is 9.90 Å². The lowest BCUT2D eigenvalue weighted by molar-refractivity contribution is 0.0687. The number of nitrogens with zero attached hydrogens (tertiary/aromatic N) is 3. The molecule has 0 aliphatic carbocycles. The molecule has 0 saturated heterocycles. The summed E-state index contributed by atoms with van der Waals surface area (Å²) >= 11 is 0. The Bertz CT molecular complexity index is 796. The molecular formula is C14H11N3O4. The summed E-state index contributed by atoms with van der Waals surface area (Å²) in [6.45, 7) is 0.103. The monoisotopic (exact) mass is 285 g/mol. The number of carboxylic acid groups (broad SMARTS) is 1. The number of hydrogen-bond donors (Lipinski definition) is 2. The Balaban J connectivity index is 1.83. The molecule has 0 aliphatic heterocycles. The third kappa shape index (κ3) is 2.62. The van der Waals surface area contributed by atoms with Crippen LogP contribution in [-0.2, 0) is 6.61 Å². The minimum Gasteiger partial charge on any atom is -0.508 e. The molecule has 3 aromatic rings. The average molecular weight is 285 g/mol. The van der Waals surface area contributed by atoms with Gasteiger partial charge in [0.1, 0.15) is 18.1 Å². The Morgan fingerprint density at radius 3 is 2.67 bits per heavy atom. The first-order valence-corrected chi connectivity index (χ1v) is 6.13. The zero-order valence-electron chi connectivity index (χ0n) is 10.8. The van der Waals surface area contributed by atoms with Crippen LogP contribution in [0.3, 0.4) is 0 Å². The molecule has 0 amide bonds. The van der Waals surface area contributed by atoms with Crippen molar-refractivity contribution in [1.82, 2.24) is 14.6 Å². The van der Waals surface area contributed by atoms with Crippen molar-refractivity contribution in [2.24, 2.45) is 0 Å². The highest BCUT2D eigenvalue weighted by molar-refractivity contribution is 5.86. The van der Waals surface area contributed by atoms with Crippen molar-refractivity contribution < 1.29 is 19.7 Å². The van der Waals surface area contributed by atoms with Gasteiger partial charge >= 0.3 is 5.97 Å². The topological polar surface area (TPSA) is 97.0 Å². The number of pyridine rings is 1. The molecule has 106 valence electrons. The number of ether oxygens (including phenoxy) is 1. The predicted molar refractivity (Wildman–Crippen MR) is 72.4 cm³/mol. The Morgan fingerprint density at radius 2 is 1.95 bits per heavy atom. The number of fused-ring (bicyclic) bond motifs is 1. The van der Waals surface area contributed by atoms with Crippen LogP contribution in [0.1, 0.15) is 16.3 Å². The van der Waals surface area contributed by atoms with Gasteiger partial charge in [-0.05, 0) is 36.4 Å². The third-order valence-electron chi connectivity index (χ3n) is 2.83. The van der Waals surface area contributed by atoms with Crippen LogP contribution in [0.2, 0.25) is 0 Å². The van der Waals surface area contributed by atoms with Crippen molar-refractivity contribution in [3.63, 3.8) is 0 Å².